The van der Waals surface area contributed by atoms with Gasteiger partial charge in [0, 0.05) is 31.4 Å². The van der Waals surface area contributed by atoms with Crippen LogP contribution in [0.25, 0.3) is 0 Å². The van der Waals surface area contributed by atoms with Gasteiger partial charge < -0.3 is 5.11 Å². The molecule has 4 nitrogen and oxygen atoms in total. The molecule has 21 heavy (non-hydrogen) atoms. The predicted octanol–water partition coefficient (Wildman–Crippen LogP) is 2.48. The van der Waals surface area contributed by atoms with Crippen LogP contribution in [0.15, 0.2) is 36.7 Å². The minimum Gasteiger partial charge on any atom is -0.478 e. The quantitative estimate of drug-likeness (QED) is 0.941. The fraction of sp³-hybridized carbons (Fsp3) is 0.250. The molecule has 1 aromatic heterocycles. The molecule has 5 heteroatoms. The lowest BCUT2D eigenvalue weighted by Gasteiger charge is -2.29. The standard InChI is InChI=1S/C16H15FN2O2/c17-15-8-18-6-4-12(15)10-19-7-5-13-11(9-19)2-1-3-14(13)16(20)21/h1-4,6,8H,5,7,9-10H2,(H,20,21). The number of carboxylic acid groups (broad SMARTS) is 1. The number of carbonyl (C=O) groups is 1. The van der Waals surface area contributed by atoms with Crippen LogP contribution >= 0.6 is 0 Å². The molecule has 0 atom stereocenters. The van der Waals surface area contributed by atoms with E-state index < -0.39 is 5.97 Å². The normalized spacial score (nSPS) is 14.7. The van der Waals surface area contributed by atoms with Gasteiger partial charge in [-0.3, -0.25) is 9.88 Å². The number of halogens is 1. The summed E-state index contributed by atoms with van der Waals surface area (Å²) < 4.78 is 13.6. The Balaban J connectivity index is 1.81. The van der Waals surface area contributed by atoms with Gasteiger partial charge in [-0.2, -0.15) is 0 Å². The molecule has 2 aromatic rings. The number of nitrogens with zero attached hydrogens (tertiary/aromatic N) is 2. The molecule has 0 amide bonds. The van der Waals surface area contributed by atoms with Gasteiger partial charge in [0.2, 0.25) is 0 Å². The van der Waals surface area contributed by atoms with E-state index >= 15 is 0 Å². The first-order chi connectivity index (χ1) is 10.1. The Morgan fingerprint density at radius 3 is 3.00 bits per heavy atom. The summed E-state index contributed by atoms with van der Waals surface area (Å²) in [6.07, 6.45) is 3.47. The van der Waals surface area contributed by atoms with Gasteiger partial charge in [-0.05, 0) is 29.7 Å². The summed E-state index contributed by atoms with van der Waals surface area (Å²) in [5, 5.41) is 9.21. The molecule has 108 valence electrons. The summed E-state index contributed by atoms with van der Waals surface area (Å²) >= 11 is 0. The zero-order valence-corrected chi connectivity index (χ0v) is 11.4. The van der Waals surface area contributed by atoms with Crippen LogP contribution in [-0.4, -0.2) is 27.5 Å². The maximum Gasteiger partial charge on any atom is 0.335 e. The van der Waals surface area contributed by atoms with Gasteiger partial charge in [-0.1, -0.05) is 12.1 Å². The van der Waals surface area contributed by atoms with Gasteiger partial charge in [-0.25, -0.2) is 9.18 Å². The Morgan fingerprint density at radius 1 is 1.38 bits per heavy atom. The number of hydrogen-bond acceptors (Lipinski definition) is 3. The number of fused-ring (bicyclic) bond motifs is 1. The summed E-state index contributed by atoms with van der Waals surface area (Å²) in [5.74, 6) is -1.19. The first-order valence-corrected chi connectivity index (χ1v) is 6.80. The van der Waals surface area contributed by atoms with Crippen molar-refractivity contribution < 1.29 is 14.3 Å². The average Bonchev–Trinajstić information content (AvgIpc) is 2.48. The Morgan fingerprint density at radius 2 is 2.24 bits per heavy atom. The first kappa shape index (κ1) is 13.7. The van der Waals surface area contributed by atoms with Crippen LogP contribution in [0.4, 0.5) is 4.39 Å². The molecular formula is C16H15FN2O2. The molecule has 1 aliphatic heterocycles. The third kappa shape index (κ3) is 2.78. The fourth-order valence-corrected chi connectivity index (χ4v) is 2.78. The third-order valence-corrected chi connectivity index (χ3v) is 3.83. The topological polar surface area (TPSA) is 53.4 Å². The average molecular weight is 286 g/mol. The summed E-state index contributed by atoms with van der Waals surface area (Å²) in [6.45, 7) is 1.86. The van der Waals surface area contributed by atoms with Crippen LogP contribution in [0, 0.1) is 5.82 Å². The summed E-state index contributed by atoms with van der Waals surface area (Å²) in [4.78, 5) is 17.1. The van der Waals surface area contributed by atoms with E-state index in [1.54, 1.807) is 24.4 Å². The smallest absolute Gasteiger partial charge is 0.335 e. The molecule has 0 unspecified atom stereocenters. The third-order valence-electron chi connectivity index (χ3n) is 3.83. The molecule has 0 saturated heterocycles. The first-order valence-electron chi connectivity index (χ1n) is 6.80. The number of hydrogen-bond donors (Lipinski definition) is 1. The molecule has 1 N–H and O–H groups in total. The minimum atomic E-state index is -0.888. The molecule has 1 aliphatic rings. The monoisotopic (exact) mass is 286 g/mol. The Bertz CT molecular complexity index is 688. The number of benzene rings is 1. The van der Waals surface area contributed by atoms with Crippen molar-refractivity contribution in [3.8, 4) is 0 Å². The second-order valence-corrected chi connectivity index (χ2v) is 5.18. The number of aromatic nitrogens is 1. The van der Waals surface area contributed by atoms with Crippen LogP contribution < -0.4 is 0 Å². The molecule has 0 aliphatic carbocycles. The lowest BCUT2D eigenvalue weighted by atomic mass is 9.94. The number of pyridine rings is 1. The Labute approximate surface area is 121 Å². The van der Waals surface area contributed by atoms with Crippen molar-refractivity contribution in [3.63, 3.8) is 0 Å². The molecule has 0 spiro atoms. The second-order valence-electron chi connectivity index (χ2n) is 5.18. The highest BCUT2D eigenvalue weighted by molar-refractivity contribution is 5.89. The number of carboxylic acids is 1. The summed E-state index contributed by atoms with van der Waals surface area (Å²) in [7, 11) is 0. The molecule has 1 aromatic carbocycles. The highest BCUT2D eigenvalue weighted by Crippen LogP contribution is 2.24. The van der Waals surface area contributed by atoms with Gasteiger partial charge in [0.15, 0.2) is 0 Å². The SMILES string of the molecule is O=C(O)c1cccc2c1CCN(Cc1ccncc1F)C2. The summed E-state index contributed by atoms with van der Waals surface area (Å²) in [6, 6.07) is 7.02. The lowest BCUT2D eigenvalue weighted by molar-refractivity contribution is 0.0694. The number of aromatic carboxylic acids is 1. The largest absolute Gasteiger partial charge is 0.478 e. The van der Waals surface area contributed by atoms with Crippen LogP contribution in [0.3, 0.4) is 0 Å². The van der Waals surface area contributed by atoms with Gasteiger partial charge in [0.25, 0.3) is 0 Å². The van der Waals surface area contributed by atoms with E-state index in [4.69, 9.17) is 0 Å². The molecule has 0 radical (unpaired) electrons. The van der Waals surface area contributed by atoms with E-state index in [1.165, 1.54) is 6.20 Å². The molecular weight excluding hydrogens is 271 g/mol. The van der Waals surface area contributed by atoms with E-state index in [2.05, 4.69) is 9.88 Å². The second kappa shape index (κ2) is 5.61. The van der Waals surface area contributed by atoms with Crippen molar-refractivity contribution in [1.29, 1.82) is 0 Å². The van der Waals surface area contributed by atoms with Crippen LogP contribution in [0.1, 0.15) is 27.0 Å². The Kier molecular flexibility index (Phi) is 3.66. The van der Waals surface area contributed by atoms with Gasteiger partial charge in [0.05, 0.1) is 11.8 Å². The Hall–Kier alpha value is -2.27. The molecule has 0 bridgehead atoms. The molecule has 3 rings (SSSR count). The minimum absolute atomic E-state index is 0.303. The maximum atomic E-state index is 13.6. The zero-order valence-electron chi connectivity index (χ0n) is 11.4. The van der Waals surface area contributed by atoms with E-state index in [1.807, 2.05) is 6.07 Å². The highest BCUT2D eigenvalue weighted by atomic mass is 19.1. The van der Waals surface area contributed by atoms with Crippen LogP contribution in [0.2, 0.25) is 0 Å². The van der Waals surface area contributed by atoms with Gasteiger partial charge in [-0.15, -0.1) is 0 Å². The van der Waals surface area contributed by atoms with E-state index in [0.29, 0.717) is 30.6 Å². The summed E-state index contributed by atoms with van der Waals surface area (Å²) in [5.41, 5.74) is 2.90. The molecule has 0 saturated carbocycles. The fourth-order valence-electron chi connectivity index (χ4n) is 2.78. The van der Waals surface area contributed by atoms with Crippen molar-refractivity contribution in [2.24, 2.45) is 0 Å². The van der Waals surface area contributed by atoms with E-state index in [9.17, 15) is 14.3 Å². The van der Waals surface area contributed by atoms with Crippen molar-refractivity contribution >= 4 is 5.97 Å². The molecule has 0 fully saturated rings. The van der Waals surface area contributed by atoms with Crippen molar-refractivity contribution in [1.82, 2.24) is 9.88 Å². The number of rotatable bonds is 3. The zero-order chi connectivity index (χ0) is 14.8. The molecule has 2 heterocycles. The van der Waals surface area contributed by atoms with Gasteiger partial charge >= 0.3 is 5.97 Å². The van der Waals surface area contributed by atoms with Crippen molar-refractivity contribution in [3.05, 3.63) is 64.7 Å². The maximum absolute atomic E-state index is 13.6. The van der Waals surface area contributed by atoms with E-state index in [0.717, 1.165) is 17.7 Å². The van der Waals surface area contributed by atoms with Crippen LogP contribution in [0.5, 0.6) is 0 Å². The van der Waals surface area contributed by atoms with Crippen LogP contribution in [-0.2, 0) is 19.5 Å². The highest BCUT2D eigenvalue weighted by Gasteiger charge is 2.21. The van der Waals surface area contributed by atoms with E-state index in [-0.39, 0.29) is 5.82 Å². The predicted molar refractivity (Wildman–Crippen MR) is 75.4 cm³/mol. The lowest BCUT2D eigenvalue weighted by Crippen LogP contribution is -2.31. The van der Waals surface area contributed by atoms with Crippen molar-refractivity contribution in [2.75, 3.05) is 6.54 Å². The van der Waals surface area contributed by atoms with Gasteiger partial charge in [0.1, 0.15) is 5.82 Å². The van der Waals surface area contributed by atoms with Crippen molar-refractivity contribution in [2.45, 2.75) is 19.5 Å².